The van der Waals surface area contributed by atoms with E-state index in [0.29, 0.717) is 17.5 Å². The Morgan fingerprint density at radius 2 is 1.30 bits per heavy atom. The lowest BCUT2D eigenvalue weighted by Crippen LogP contribution is -2.03. The summed E-state index contributed by atoms with van der Waals surface area (Å²) in [6, 6.07) is 50.2. The molecule has 0 amide bonds. The molecule has 0 fully saturated rings. The van der Waals surface area contributed by atoms with Crippen molar-refractivity contribution in [3.05, 3.63) is 175 Å². The van der Waals surface area contributed by atoms with Gasteiger partial charge in [0, 0.05) is 56.3 Å². The van der Waals surface area contributed by atoms with Crippen molar-refractivity contribution in [3.63, 3.8) is 0 Å². The van der Waals surface area contributed by atoms with Crippen LogP contribution in [0.4, 0.5) is 11.4 Å². The van der Waals surface area contributed by atoms with E-state index in [2.05, 4.69) is 94.8 Å². The smallest absolute Gasteiger partial charge is 0.164 e. The first-order chi connectivity index (χ1) is 26.6. The van der Waals surface area contributed by atoms with Crippen molar-refractivity contribution >= 4 is 66.5 Å². The van der Waals surface area contributed by atoms with Crippen LogP contribution in [-0.4, -0.2) is 25.7 Å². The second kappa shape index (κ2) is 13.7. The molecule has 2 heterocycles. The number of rotatable bonds is 8. The van der Waals surface area contributed by atoms with E-state index in [1.165, 1.54) is 22.4 Å². The zero-order valence-electron chi connectivity index (χ0n) is 30.0. The van der Waals surface area contributed by atoms with Gasteiger partial charge in [0.15, 0.2) is 17.5 Å². The molecule has 9 aromatic rings. The molecular weight excluding hydrogens is 661 g/mol. The number of nitrogens with one attached hydrogen (secondary N) is 2. The van der Waals surface area contributed by atoms with Crippen LogP contribution in [0.15, 0.2) is 164 Å². The summed E-state index contributed by atoms with van der Waals surface area (Å²) in [5, 5.41) is 19.2. The van der Waals surface area contributed by atoms with E-state index in [9.17, 15) is 0 Å². The molecule has 9 rings (SSSR count). The maximum atomic E-state index is 8.79. The van der Waals surface area contributed by atoms with Gasteiger partial charge in [-0.2, -0.15) is 0 Å². The first-order valence-electron chi connectivity index (χ1n) is 18.1. The normalized spacial score (nSPS) is 12.0. The van der Waals surface area contributed by atoms with Crippen molar-refractivity contribution < 1.29 is 0 Å². The summed E-state index contributed by atoms with van der Waals surface area (Å²) >= 11 is 0. The van der Waals surface area contributed by atoms with Crippen molar-refractivity contribution in [1.29, 1.82) is 5.41 Å². The summed E-state index contributed by atoms with van der Waals surface area (Å²) in [6.07, 6.45) is 7.53. The van der Waals surface area contributed by atoms with Gasteiger partial charge in [-0.1, -0.05) is 121 Å². The third-order valence-electron chi connectivity index (χ3n) is 10.0. The Bertz CT molecular complexity index is 2940. The van der Waals surface area contributed by atoms with E-state index < -0.39 is 0 Å². The SMILES string of the molecule is C/C=C\C(=C/C)c1nc(-c2ccccc2)nc(-c2cccc(-n3c4ccc(Nc5ccccc5)c(C=N)c4c4c5ccc6ccccc6c5ccc43)c2)n1. The first-order valence-corrected chi connectivity index (χ1v) is 18.1. The Morgan fingerprint density at radius 3 is 2.07 bits per heavy atom. The van der Waals surface area contributed by atoms with Crippen LogP contribution < -0.4 is 5.32 Å². The second-order valence-electron chi connectivity index (χ2n) is 13.2. The molecule has 0 atom stereocenters. The Labute approximate surface area is 313 Å². The molecule has 0 unspecified atom stereocenters. The largest absolute Gasteiger partial charge is 0.355 e. The van der Waals surface area contributed by atoms with Gasteiger partial charge in [0.25, 0.3) is 0 Å². The standard InChI is InChI=1S/C48H36N6/c1-3-14-31(4-2)46-51-47(33-16-7-5-8-17-33)53-48(52-46)34-18-13-21-36(29-34)54-42-27-25-38-37-22-12-11-15-32(37)23-24-39(38)44(42)45-40(30-49)41(26-28-43(45)54)50-35-19-9-6-10-20-35/h3-30,49-50H,1-2H3/b14-3-,31-4+,49-30?. The molecule has 0 radical (unpaired) electrons. The van der Waals surface area contributed by atoms with Crippen molar-refractivity contribution in [1.82, 2.24) is 19.5 Å². The van der Waals surface area contributed by atoms with Crippen LogP contribution in [0.1, 0.15) is 25.2 Å². The second-order valence-corrected chi connectivity index (χ2v) is 13.2. The zero-order valence-corrected chi connectivity index (χ0v) is 30.0. The van der Waals surface area contributed by atoms with Crippen molar-refractivity contribution in [3.8, 4) is 28.5 Å². The highest BCUT2D eigenvalue weighted by atomic mass is 15.0. The molecule has 0 aliphatic heterocycles. The van der Waals surface area contributed by atoms with Crippen LogP contribution in [0.3, 0.4) is 0 Å². The highest BCUT2D eigenvalue weighted by Gasteiger charge is 2.21. The Kier molecular flexibility index (Phi) is 8.33. The molecule has 0 saturated heterocycles. The number of benzene rings is 7. The van der Waals surface area contributed by atoms with Crippen LogP contribution >= 0.6 is 0 Å². The molecule has 0 aliphatic carbocycles. The molecule has 7 aromatic carbocycles. The van der Waals surface area contributed by atoms with E-state index in [0.717, 1.165) is 66.5 Å². The fourth-order valence-electron chi connectivity index (χ4n) is 7.54. The highest BCUT2D eigenvalue weighted by molar-refractivity contribution is 6.28. The lowest BCUT2D eigenvalue weighted by molar-refractivity contribution is 1.03. The molecule has 6 nitrogen and oxygen atoms in total. The van der Waals surface area contributed by atoms with E-state index in [4.69, 9.17) is 20.4 Å². The number of anilines is 2. The average molecular weight is 697 g/mol. The maximum absolute atomic E-state index is 8.79. The van der Waals surface area contributed by atoms with Crippen LogP contribution in [0.5, 0.6) is 0 Å². The number of aromatic nitrogens is 4. The van der Waals surface area contributed by atoms with E-state index in [1.807, 2.05) is 92.7 Å². The van der Waals surface area contributed by atoms with E-state index >= 15 is 0 Å². The lowest BCUT2D eigenvalue weighted by Gasteiger charge is -2.13. The van der Waals surface area contributed by atoms with Gasteiger partial charge < -0.3 is 15.3 Å². The van der Waals surface area contributed by atoms with Gasteiger partial charge in [0.1, 0.15) is 0 Å². The third-order valence-corrected chi connectivity index (χ3v) is 10.0. The fourth-order valence-corrected chi connectivity index (χ4v) is 7.54. The van der Waals surface area contributed by atoms with Gasteiger partial charge in [-0.15, -0.1) is 0 Å². The predicted octanol–water partition coefficient (Wildman–Crippen LogP) is 12.3. The van der Waals surface area contributed by atoms with Gasteiger partial charge in [-0.05, 0) is 77.9 Å². The summed E-state index contributed by atoms with van der Waals surface area (Å²) in [5.41, 5.74) is 8.42. The van der Waals surface area contributed by atoms with Crippen LogP contribution in [0, 0.1) is 5.41 Å². The minimum atomic E-state index is 0.594. The van der Waals surface area contributed by atoms with Crippen LogP contribution in [-0.2, 0) is 0 Å². The Balaban J connectivity index is 1.31. The number of hydrogen-bond acceptors (Lipinski definition) is 5. The molecule has 6 heteroatoms. The molecule has 0 aliphatic rings. The minimum absolute atomic E-state index is 0.594. The number of hydrogen-bond donors (Lipinski definition) is 2. The van der Waals surface area contributed by atoms with Gasteiger partial charge in [-0.3, -0.25) is 0 Å². The highest BCUT2D eigenvalue weighted by Crippen LogP contribution is 2.42. The molecule has 2 N–H and O–H groups in total. The van der Waals surface area contributed by atoms with E-state index in [1.54, 1.807) is 0 Å². The predicted molar refractivity (Wildman–Crippen MR) is 226 cm³/mol. The summed E-state index contributed by atoms with van der Waals surface area (Å²) < 4.78 is 2.31. The number of allylic oxidation sites excluding steroid dienone is 4. The molecule has 2 aromatic heterocycles. The lowest BCUT2D eigenvalue weighted by atomic mass is 9.96. The quantitative estimate of drug-likeness (QED) is 0.0941. The molecule has 0 bridgehead atoms. The maximum Gasteiger partial charge on any atom is 0.164 e. The number of para-hydroxylation sites is 1. The van der Waals surface area contributed by atoms with Crippen LogP contribution in [0.2, 0.25) is 0 Å². The Hall–Kier alpha value is -7.18. The van der Waals surface area contributed by atoms with Crippen molar-refractivity contribution in [2.45, 2.75) is 13.8 Å². The molecular formula is C48H36N6. The molecule has 0 saturated carbocycles. The van der Waals surface area contributed by atoms with Crippen LogP contribution in [0.25, 0.3) is 77.4 Å². The van der Waals surface area contributed by atoms with E-state index in [-0.39, 0.29) is 0 Å². The van der Waals surface area contributed by atoms with Gasteiger partial charge in [0.2, 0.25) is 0 Å². The first kappa shape index (κ1) is 32.7. The average Bonchev–Trinajstić information content (AvgIpc) is 3.58. The summed E-state index contributed by atoms with van der Waals surface area (Å²) in [7, 11) is 0. The molecule has 258 valence electrons. The van der Waals surface area contributed by atoms with Gasteiger partial charge in [-0.25, -0.2) is 15.0 Å². The monoisotopic (exact) mass is 696 g/mol. The Morgan fingerprint density at radius 1 is 0.611 bits per heavy atom. The zero-order chi connectivity index (χ0) is 36.6. The van der Waals surface area contributed by atoms with Gasteiger partial charge in [0.05, 0.1) is 11.0 Å². The van der Waals surface area contributed by atoms with Crippen molar-refractivity contribution in [2.24, 2.45) is 0 Å². The summed E-state index contributed by atoms with van der Waals surface area (Å²) in [6.45, 7) is 3.99. The summed E-state index contributed by atoms with van der Waals surface area (Å²) in [5.74, 6) is 1.83. The van der Waals surface area contributed by atoms with Crippen molar-refractivity contribution in [2.75, 3.05) is 5.32 Å². The number of nitrogens with zero attached hydrogens (tertiary/aromatic N) is 4. The number of fused-ring (bicyclic) bond motifs is 7. The summed E-state index contributed by atoms with van der Waals surface area (Å²) in [4.78, 5) is 15.0. The molecule has 54 heavy (non-hydrogen) atoms. The van der Waals surface area contributed by atoms with Gasteiger partial charge >= 0.3 is 0 Å². The topological polar surface area (TPSA) is 79.5 Å². The minimum Gasteiger partial charge on any atom is -0.355 e. The third kappa shape index (κ3) is 5.61. The molecule has 0 spiro atoms. The fraction of sp³-hybridized carbons (Fsp3) is 0.0417.